The number of methoxy groups -OCH3 is 1. The van der Waals surface area contributed by atoms with E-state index in [1.165, 1.54) is 12.1 Å². The summed E-state index contributed by atoms with van der Waals surface area (Å²) in [6, 6.07) is 8.14. The Bertz CT molecular complexity index is 968. The number of halogens is 3. The fraction of sp³-hybridized carbons (Fsp3) is 0.286. The Labute approximate surface area is 159 Å². The van der Waals surface area contributed by atoms with E-state index in [1.807, 2.05) is 24.3 Å². The van der Waals surface area contributed by atoms with Crippen LogP contribution < -0.4 is 10.1 Å². The quantitative estimate of drug-likeness (QED) is 0.705. The zero-order chi connectivity index (χ0) is 20.1. The van der Waals surface area contributed by atoms with Crippen molar-refractivity contribution in [2.75, 3.05) is 12.4 Å². The number of anilines is 1. The van der Waals surface area contributed by atoms with E-state index in [1.54, 1.807) is 13.2 Å². The monoisotopic (exact) mass is 389 g/mol. The SMILES string of the molecule is COc1ccc2c(c1)C1C=CCC1C(c1ccc(C(=O)O)cc1C(F)(F)F)N2. The summed E-state index contributed by atoms with van der Waals surface area (Å²) >= 11 is 0. The number of hydrogen-bond donors (Lipinski definition) is 2. The van der Waals surface area contributed by atoms with Crippen LogP contribution in [0.25, 0.3) is 0 Å². The zero-order valence-electron chi connectivity index (χ0n) is 15.0. The molecule has 0 radical (unpaired) electrons. The van der Waals surface area contributed by atoms with Crippen LogP contribution in [0.15, 0.2) is 48.6 Å². The largest absolute Gasteiger partial charge is 0.497 e. The van der Waals surface area contributed by atoms with Gasteiger partial charge < -0.3 is 15.2 Å². The van der Waals surface area contributed by atoms with Gasteiger partial charge in [0.25, 0.3) is 0 Å². The van der Waals surface area contributed by atoms with Gasteiger partial charge in [-0.2, -0.15) is 13.2 Å². The van der Waals surface area contributed by atoms with Gasteiger partial charge in [-0.3, -0.25) is 0 Å². The lowest BCUT2D eigenvalue weighted by molar-refractivity contribution is -0.138. The highest BCUT2D eigenvalue weighted by Gasteiger charge is 2.43. The molecule has 0 amide bonds. The normalized spacial score (nSPS) is 22.9. The van der Waals surface area contributed by atoms with Crippen LogP contribution in [0.5, 0.6) is 5.75 Å². The predicted octanol–water partition coefficient (Wildman–Crippen LogP) is 5.24. The Kier molecular flexibility index (Phi) is 4.33. The summed E-state index contributed by atoms with van der Waals surface area (Å²) in [5, 5.41) is 12.4. The number of aromatic carboxylic acids is 1. The maximum atomic E-state index is 13.7. The van der Waals surface area contributed by atoms with Crippen molar-refractivity contribution in [1.82, 2.24) is 0 Å². The van der Waals surface area contributed by atoms with Crippen molar-refractivity contribution in [2.45, 2.75) is 24.6 Å². The second-order valence-corrected chi connectivity index (χ2v) is 7.03. The van der Waals surface area contributed by atoms with Gasteiger partial charge in [-0.1, -0.05) is 18.2 Å². The van der Waals surface area contributed by atoms with Crippen molar-refractivity contribution in [3.8, 4) is 5.75 Å². The second kappa shape index (κ2) is 6.58. The predicted molar refractivity (Wildman–Crippen MR) is 97.7 cm³/mol. The number of carbonyl (C=O) groups is 1. The van der Waals surface area contributed by atoms with Crippen molar-refractivity contribution in [3.63, 3.8) is 0 Å². The van der Waals surface area contributed by atoms with Gasteiger partial charge in [0.15, 0.2) is 0 Å². The van der Waals surface area contributed by atoms with Gasteiger partial charge in [-0.05, 0) is 53.8 Å². The van der Waals surface area contributed by atoms with E-state index in [2.05, 4.69) is 5.32 Å². The highest BCUT2D eigenvalue weighted by molar-refractivity contribution is 5.88. The van der Waals surface area contributed by atoms with E-state index in [4.69, 9.17) is 9.84 Å². The van der Waals surface area contributed by atoms with Crippen molar-refractivity contribution >= 4 is 11.7 Å². The lowest BCUT2D eigenvalue weighted by atomic mass is 9.76. The zero-order valence-corrected chi connectivity index (χ0v) is 15.0. The molecule has 0 saturated carbocycles. The number of ether oxygens (including phenoxy) is 1. The summed E-state index contributed by atoms with van der Waals surface area (Å²) in [5.41, 5.74) is 0.530. The van der Waals surface area contributed by atoms with Crippen LogP contribution in [0, 0.1) is 5.92 Å². The second-order valence-electron chi connectivity index (χ2n) is 7.03. The topological polar surface area (TPSA) is 58.6 Å². The van der Waals surface area contributed by atoms with E-state index in [9.17, 15) is 18.0 Å². The minimum atomic E-state index is -4.65. The molecule has 2 N–H and O–H groups in total. The lowest BCUT2D eigenvalue weighted by Crippen LogP contribution is -2.31. The Morgan fingerprint density at radius 3 is 2.64 bits per heavy atom. The first-order valence-electron chi connectivity index (χ1n) is 8.85. The molecule has 2 aliphatic rings. The Morgan fingerprint density at radius 2 is 1.96 bits per heavy atom. The molecule has 2 aromatic carbocycles. The maximum Gasteiger partial charge on any atom is 0.416 e. The number of nitrogens with one attached hydrogen (secondary N) is 1. The van der Waals surface area contributed by atoms with Crippen molar-refractivity contribution in [3.05, 3.63) is 70.8 Å². The molecule has 0 saturated heterocycles. The molecule has 3 unspecified atom stereocenters. The number of benzene rings is 2. The summed E-state index contributed by atoms with van der Waals surface area (Å²) in [5.74, 6) is -0.820. The molecule has 0 aromatic heterocycles. The standard InChI is InChI=1S/C21H18F3NO3/c1-28-12-6-8-18-16(10-12)13-3-2-4-14(13)19(25-18)15-7-5-11(20(26)27)9-17(15)21(22,23)24/h2-3,5-10,13-14,19,25H,4H2,1H3,(H,26,27). The molecule has 2 aromatic rings. The number of alkyl halides is 3. The third kappa shape index (κ3) is 3.00. The van der Waals surface area contributed by atoms with Crippen molar-refractivity contribution < 1.29 is 27.8 Å². The number of rotatable bonds is 3. The average Bonchev–Trinajstić information content (AvgIpc) is 3.16. The van der Waals surface area contributed by atoms with Gasteiger partial charge >= 0.3 is 12.1 Å². The van der Waals surface area contributed by atoms with Gasteiger partial charge in [0.1, 0.15) is 5.75 Å². The molecule has 4 rings (SSSR count). The first-order chi connectivity index (χ1) is 13.3. The number of fused-ring (bicyclic) bond motifs is 3. The molecular formula is C21H18F3NO3. The molecule has 0 spiro atoms. The van der Waals surface area contributed by atoms with Crippen molar-refractivity contribution in [1.29, 1.82) is 0 Å². The maximum absolute atomic E-state index is 13.7. The van der Waals surface area contributed by atoms with Crippen LogP contribution in [-0.4, -0.2) is 18.2 Å². The van der Waals surface area contributed by atoms with E-state index >= 15 is 0 Å². The van der Waals surface area contributed by atoms with Crippen molar-refractivity contribution in [2.24, 2.45) is 5.92 Å². The molecule has 0 fully saturated rings. The van der Waals surface area contributed by atoms with E-state index in [0.717, 1.165) is 17.3 Å². The molecule has 0 bridgehead atoms. The minimum absolute atomic E-state index is 0.0309. The fourth-order valence-electron chi connectivity index (χ4n) is 4.21. The molecule has 4 nitrogen and oxygen atoms in total. The first kappa shape index (κ1) is 18.4. The molecule has 1 heterocycles. The van der Waals surface area contributed by atoms with Gasteiger partial charge in [0.2, 0.25) is 0 Å². The van der Waals surface area contributed by atoms with Crippen LogP contribution in [0.2, 0.25) is 0 Å². The smallest absolute Gasteiger partial charge is 0.416 e. The van der Waals surface area contributed by atoms with Crippen LogP contribution in [-0.2, 0) is 6.18 Å². The number of allylic oxidation sites excluding steroid dienone is 2. The summed E-state index contributed by atoms with van der Waals surface area (Å²) < 4.78 is 46.5. The summed E-state index contributed by atoms with van der Waals surface area (Å²) in [4.78, 5) is 11.2. The van der Waals surface area contributed by atoms with E-state index in [-0.39, 0.29) is 23.0 Å². The Morgan fingerprint density at radius 1 is 1.18 bits per heavy atom. The van der Waals surface area contributed by atoms with Gasteiger partial charge in [0, 0.05) is 11.6 Å². The molecular weight excluding hydrogens is 371 g/mol. The molecule has 146 valence electrons. The Balaban J connectivity index is 1.83. The van der Waals surface area contributed by atoms with Gasteiger partial charge in [-0.15, -0.1) is 0 Å². The summed E-state index contributed by atoms with van der Waals surface area (Å²) in [7, 11) is 1.57. The minimum Gasteiger partial charge on any atom is -0.497 e. The van der Waals surface area contributed by atoms with Crippen LogP contribution in [0.4, 0.5) is 18.9 Å². The third-order valence-corrected chi connectivity index (χ3v) is 5.51. The van der Waals surface area contributed by atoms with Crippen LogP contribution in [0.3, 0.4) is 0 Å². The number of carboxylic acids is 1. The van der Waals surface area contributed by atoms with Gasteiger partial charge in [0.05, 0.1) is 24.3 Å². The highest BCUT2D eigenvalue weighted by atomic mass is 19.4. The average molecular weight is 389 g/mol. The van der Waals surface area contributed by atoms with Crippen LogP contribution in [0.1, 0.15) is 45.4 Å². The fourth-order valence-corrected chi connectivity index (χ4v) is 4.21. The summed E-state index contributed by atoms with van der Waals surface area (Å²) in [6.45, 7) is 0. The summed E-state index contributed by atoms with van der Waals surface area (Å²) in [6.07, 6.45) is -0.00567. The molecule has 1 aliphatic carbocycles. The highest BCUT2D eigenvalue weighted by Crippen LogP contribution is 2.52. The lowest BCUT2D eigenvalue weighted by Gasteiger charge is -2.38. The first-order valence-corrected chi connectivity index (χ1v) is 8.85. The van der Waals surface area contributed by atoms with E-state index in [0.29, 0.717) is 12.2 Å². The molecule has 3 atom stereocenters. The van der Waals surface area contributed by atoms with Gasteiger partial charge in [-0.25, -0.2) is 4.79 Å². The molecule has 1 aliphatic heterocycles. The molecule has 28 heavy (non-hydrogen) atoms. The van der Waals surface area contributed by atoms with E-state index < -0.39 is 23.8 Å². The number of carboxylic acid groups (broad SMARTS) is 1. The number of hydrogen-bond acceptors (Lipinski definition) is 3. The molecule has 7 heteroatoms. The van der Waals surface area contributed by atoms with Crippen LogP contribution >= 0.6 is 0 Å². The third-order valence-electron chi connectivity index (χ3n) is 5.51. The Hall–Kier alpha value is -2.96.